The van der Waals surface area contributed by atoms with Gasteiger partial charge in [-0.25, -0.2) is 0 Å². The van der Waals surface area contributed by atoms with E-state index >= 15 is 0 Å². The van der Waals surface area contributed by atoms with Crippen LogP contribution in [0.25, 0.3) is 0 Å². The number of rotatable bonds is 7. The van der Waals surface area contributed by atoms with E-state index in [1.54, 1.807) is 12.1 Å². The molecule has 2 heteroatoms. The molecule has 0 aliphatic rings. The predicted octanol–water partition coefficient (Wildman–Crippen LogP) is 4.56. The maximum absolute atomic E-state index is 9.49. The van der Waals surface area contributed by atoms with Crippen molar-refractivity contribution in [3.05, 3.63) is 23.8 Å². The van der Waals surface area contributed by atoms with E-state index in [4.69, 9.17) is 0 Å². The van der Waals surface area contributed by atoms with Gasteiger partial charge in [-0.3, -0.25) is 0 Å². The fourth-order valence-electron chi connectivity index (χ4n) is 2.28. The summed E-state index contributed by atoms with van der Waals surface area (Å²) in [5.41, 5.74) is 1.06. The van der Waals surface area contributed by atoms with Gasteiger partial charge in [-0.05, 0) is 36.5 Å². The number of unbranched alkanes of at least 4 members (excludes halogenated alkanes) is 3. The fourth-order valence-corrected chi connectivity index (χ4v) is 2.28. The first-order chi connectivity index (χ1) is 8.17. The van der Waals surface area contributed by atoms with Crippen LogP contribution in [-0.2, 0) is 0 Å². The van der Waals surface area contributed by atoms with E-state index in [1.165, 1.54) is 31.7 Å². The zero-order valence-electron chi connectivity index (χ0n) is 10.9. The molecule has 0 fully saturated rings. The Labute approximate surface area is 104 Å². The molecule has 0 radical (unpaired) electrons. The van der Waals surface area contributed by atoms with Gasteiger partial charge in [-0.1, -0.05) is 39.5 Å². The maximum atomic E-state index is 9.49. The Bertz CT molecular complexity index is 313. The van der Waals surface area contributed by atoms with Gasteiger partial charge in [-0.15, -0.1) is 0 Å². The topological polar surface area (TPSA) is 40.5 Å². The molecule has 2 nitrogen and oxygen atoms in total. The Morgan fingerprint density at radius 2 is 1.59 bits per heavy atom. The highest BCUT2D eigenvalue weighted by molar-refractivity contribution is 5.38. The van der Waals surface area contributed by atoms with Crippen molar-refractivity contribution in [2.45, 2.75) is 58.3 Å². The largest absolute Gasteiger partial charge is 0.508 e. The van der Waals surface area contributed by atoms with Gasteiger partial charge >= 0.3 is 0 Å². The molecule has 0 saturated carbocycles. The van der Waals surface area contributed by atoms with Crippen LogP contribution in [0.2, 0.25) is 0 Å². The second kappa shape index (κ2) is 7.21. The molecule has 1 atom stereocenters. The van der Waals surface area contributed by atoms with Crippen LogP contribution in [0.5, 0.6) is 11.5 Å². The summed E-state index contributed by atoms with van der Waals surface area (Å²) in [7, 11) is 0. The van der Waals surface area contributed by atoms with Gasteiger partial charge in [0.15, 0.2) is 0 Å². The SMILES string of the molecule is CCCCCCC(CC)c1cc(O)cc(O)c1. The summed E-state index contributed by atoms with van der Waals surface area (Å²) in [6.45, 7) is 4.37. The second-order valence-electron chi connectivity index (χ2n) is 4.74. The first-order valence-corrected chi connectivity index (χ1v) is 6.70. The molecule has 0 saturated heterocycles. The van der Waals surface area contributed by atoms with Crippen molar-refractivity contribution in [1.82, 2.24) is 0 Å². The van der Waals surface area contributed by atoms with Gasteiger partial charge in [0.1, 0.15) is 11.5 Å². The predicted molar refractivity (Wildman–Crippen MR) is 71.6 cm³/mol. The van der Waals surface area contributed by atoms with Gasteiger partial charge in [0.05, 0.1) is 0 Å². The van der Waals surface area contributed by atoms with Crippen molar-refractivity contribution in [3.8, 4) is 11.5 Å². The minimum absolute atomic E-state index is 0.159. The van der Waals surface area contributed by atoms with Crippen molar-refractivity contribution in [3.63, 3.8) is 0 Å². The molecular formula is C15H24O2. The molecule has 1 unspecified atom stereocenters. The normalized spacial score (nSPS) is 12.6. The maximum Gasteiger partial charge on any atom is 0.119 e. The molecule has 0 aliphatic heterocycles. The standard InChI is InChI=1S/C15H24O2/c1-3-5-6-7-8-12(4-2)13-9-14(16)11-15(17)10-13/h9-12,16-17H,3-8H2,1-2H3. The second-order valence-corrected chi connectivity index (χ2v) is 4.74. The molecule has 0 bridgehead atoms. The van der Waals surface area contributed by atoms with Crippen molar-refractivity contribution in [2.24, 2.45) is 0 Å². The van der Waals surface area contributed by atoms with Crippen molar-refractivity contribution < 1.29 is 10.2 Å². The highest BCUT2D eigenvalue weighted by Crippen LogP contribution is 2.31. The van der Waals surface area contributed by atoms with E-state index in [9.17, 15) is 10.2 Å². The van der Waals surface area contributed by atoms with E-state index in [0.29, 0.717) is 5.92 Å². The van der Waals surface area contributed by atoms with Gasteiger partial charge in [0, 0.05) is 6.07 Å². The van der Waals surface area contributed by atoms with E-state index in [2.05, 4.69) is 13.8 Å². The Balaban J connectivity index is 2.59. The summed E-state index contributed by atoms with van der Waals surface area (Å²) < 4.78 is 0. The Hall–Kier alpha value is -1.18. The Morgan fingerprint density at radius 3 is 2.12 bits per heavy atom. The Kier molecular flexibility index (Phi) is 5.88. The van der Waals surface area contributed by atoms with Crippen molar-refractivity contribution in [2.75, 3.05) is 0 Å². The average Bonchev–Trinajstić information content (AvgIpc) is 2.28. The van der Waals surface area contributed by atoms with Crippen LogP contribution in [-0.4, -0.2) is 10.2 Å². The fraction of sp³-hybridized carbons (Fsp3) is 0.600. The molecule has 2 N–H and O–H groups in total. The summed E-state index contributed by atoms with van der Waals surface area (Å²) >= 11 is 0. The molecule has 96 valence electrons. The lowest BCUT2D eigenvalue weighted by Crippen LogP contribution is -1.97. The minimum Gasteiger partial charge on any atom is -0.508 e. The molecule has 0 aromatic heterocycles. The van der Waals surface area contributed by atoms with Crippen LogP contribution >= 0.6 is 0 Å². The van der Waals surface area contributed by atoms with Gasteiger partial charge in [0.2, 0.25) is 0 Å². The summed E-state index contributed by atoms with van der Waals surface area (Å²) in [6, 6.07) is 4.93. The molecule has 1 rings (SSSR count). The number of phenolic OH excluding ortho intramolecular Hbond substituents is 2. The molecular weight excluding hydrogens is 212 g/mol. The zero-order chi connectivity index (χ0) is 12.7. The van der Waals surface area contributed by atoms with Crippen LogP contribution in [0.4, 0.5) is 0 Å². The van der Waals surface area contributed by atoms with E-state index in [1.807, 2.05) is 0 Å². The third-order valence-corrected chi connectivity index (χ3v) is 3.30. The molecule has 1 aromatic rings. The summed E-state index contributed by atoms with van der Waals surface area (Å²) in [4.78, 5) is 0. The van der Waals surface area contributed by atoms with Crippen LogP contribution < -0.4 is 0 Å². The molecule has 0 aliphatic carbocycles. The van der Waals surface area contributed by atoms with Crippen LogP contribution in [0.15, 0.2) is 18.2 Å². The van der Waals surface area contributed by atoms with E-state index in [-0.39, 0.29) is 11.5 Å². The molecule has 0 heterocycles. The van der Waals surface area contributed by atoms with Crippen molar-refractivity contribution >= 4 is 0 Å². The molecule has 0 amide bonds. The van der Waals surface area contributed by atoms with Gasteiger partial charge in [0.25, 0.3) is 0 Å². The number of hydrogen-bond donors (Lipinski definition) is 2. The number of phenols is 2. The smallest absolute Gasteiger partial charge is 0.119 e. The lowest BCUT2D eigenvalue weighted by molar-refractivity contribution is 0.445. The number of hydrogen-bond acceptors (Lipinski definition) is 2. The molecule has 1 aromatic carbocycles. The quantitative estimate of drug-likeness (QED) is 0.681. The van der Waals surface area contributed by atoms with Crippen molar-refractivity contribution in [1.29, 1.82) is 0 Å². The molecule has 17 heavy (non-hydrogen) atoms. The minimum atomic E-state index is 0.159. The summed E-state index contributed by atoms with van der Waals surface area (Å²) in [5, 5.41) is 19.0. The third-order valence-electron chi connectivity index (χ3n) is 3.30. The summed E-state index contributed by atoms with van der Waals surface area (Å²) in [6.07, 6.45) is 7.24. The van der Waals surface area contributed by atoms with Crippen LogP contribution in [0, 0.1) is 0 Å². The highest BCUT2D eigenvalue weighted by Gasteiger charge is 2.11. The van der Waals surface area contributed by atoms with E-state index in [0.717, 1.165) is 18.4 Å². The lowest BCUT2D eigenvalue weighted by atomic mass is 9.90. The van der Waals surface area contributed by atoms with Crippen LogP contribution in [0.3, 0.4) is 0 Å². The number of benzene rings is 1. The first kappa shape index (κ1) is 13.9. The number of aromatic hydroxyl groups is 2. The highest BCUT2D eigenvalue weighted by atomic mass is 16.3. The first-order valence-electron chi connectivity index (χ1n) is 6.70. The Morgan fingerprint density at radius 1 is 0.941 bits per heavy atom. The lowest BCUT2D eigenvalue weighted by Gasteiger charge is -2.15. The summed E-state index contributed by atoms with van der Waals surface area (Å²) in [5.74, 6) is 0.767. The molecule has 0 spiro atoms. The van der Waals surface area contributed by atoms with E-state index < -0.39 is 0 Å². The average molecular weight is 236 g/mol. The zero-order valence-corrected chi connectivity index (χ0v) is 10.9. The van der Waals surface area contributed by atoms with Gasteiger partial charge < -0.3 is 10.2 Å². The monoisotopic (exact) mass is 236 g/mol. The van der Waals surface area contributed by atoms with Gasteiger partial charge in [-0.2, -0.15) is 0 Å². The third kappa shape index (κ3) is 4.68. The van der Waals surface area contributed by atoms with Crippen LogP contribution in [0.1, 0.15) is 63.9 Å².